The Labute approximate surface area is 104 Å². The second-order valence-corrected chi connectivity index (χ2v) is 6.44. The number of benzene rings is 1. The van der Waals surface area contributed by atoms with Crippen molar-refractivity contribution in [2.75, 3.05) is 0 Å². The molecule has 1 rings (SSSR count). The Balaban J connectivity index is 3.43. The number of hydrogen-bond donors (Lipinski definition) is 0. The van der Waals surface area contributed by atoms with Gasteiger partial charge in [0, 0.05) is 0 Å². The summed E-state index contributed by atoms with van der Waals surface area (Å²) in [5, 5.41) is 0. The Bertz CT molecular complexity index is 455. The molecule has 0 amide bonds. The lowest BCUT2D eigenvalue weighted by molar-refractivity contribution is 0.563. The van der Waals surface area contributed by atoms with Gasteiger partial charge < -0.3 is 0 Å². The molecule has 1 aromatic rings. The highest BCUT2D eigenvalue weighted by Crippen LogP contribution is 2.35. The number of isocyanates is 1. The topological polar surface area (TPSA) is 29.4 Å². The average Bonchev–Trinajstić information content (AvgIpc) is 2.15. The minimum atomic E-state index is -0.0217. The van der Waals surface area contributed by atoms with E-state index in [0.29, 0.717) is 0 Å². The normalized spacial score (nSPS) is 12.1. The predicted molar refractivity (Wildman–Crippen MR) is 71.6 cm³/mol. The molecule has 0 bridgehead atoms. The summed E-state index contributed by atoms with van der Waals surface area (Å²) in [6.07, 6.45) is 1.65. The van der Waals surface area contributed by atoms with E-state index < -0.39 is 0 Å². The molecule has 0 aliphatic heterocycles. The molecule has 1 aromatic carbocycles. The van der Waals surface area contributed by atoms with Crippen LogP contribution in [-0.4, -0.2) is 6.08 Å². The van der Waals surface area contributed by atoms with Gasteiger partial charge in [-0.2, -0.15) is 4.99 Å². The van der Waals surface area contributed by atoms with Crippen molar-refractivity contribution in [2.24, 2.45) is 4.99 Å². The zero-order valence-electron chi connectivity index (χ0n) is 11.6. The van der Waals surface area contributed by atoms with Crippen LogP contribution in [0.4, 0.5) is 5.69 Å². The van der Waals surface area contributed by atoms with Crippen LogP contribution in [0.1, 0.15) is 52.7 Å². The monoisotopic (exact) mass is 231 g/mol. The molecule has 0 fully saturated rings. The molecular formula is C15H21NO. The molecule has 2 nitrogen and oxygen atoms in total. The van der Waals surface area contributed by atoms with E-state index in [9.17, 15) is 4.79 Å². The molecule has 0 heterocycles. The largest absolute Gasteiger partial charge is 0.240 e. The van der Waals surface area contributed by atoms with Crippen molar-refractivity contribution in [3.63, 3.8) is 0 Å². The fourth-order valence-electron chi connectivity index (χ4n) is 1.77. The van der Waals surface area contributed by atoms with Gasteiger partial charge in [-0.1, -0.05) is 53.7 Å². The van der Waals surface area contributed by atoms with Crippen LogP contribution in [0.15, 0.2) is 23.2 Å². The average molecular weight is 231 g/mol. The van der Waals surface area contributed by atoms with E-state index in [-0.39, 0.29) is 10.8 Å². The summed E-state index contributed by atoms with van der Waals surface area (Å²) in [5.74, 6) is 0. The first kappa shape index (κ1) is 13.7. The minimum absolute atomic E-state index is 0.0217. The molecule has 0 N–H and O–H groups in total. The molecule has 0 unspecified atom stereocenters. The van der Waals surface area contributed by atoms with Crippen molar-refractivity contribution in [2.45, 2.75) is 52.4 Å². The van der Waals surface area contributed by atoms with Crippen LogP contribution in [0, 0.1) is 0 Å². The van der Waals surface area contributed by atoms with E-state index in [0.717, 1.165) is 11.3 Å². The van der Waals surface area contributed by atoms with Crippen LogP contribution in [0.5, 0.6) is 0 Å². The third kappa shape index (κ3) is 3.28. The lowest BCUT2D eigenvalue weighted by Crippen LogP contribution is -2.14. The standard InChI is InChI=1S/C15H21NO/c1-14(2,3)11-7-8-12(15(4,5)6)13(9-11)16-10-17/h7-9H,1-6H3. The van der Waals surface area contributed by atoms with Crippen molar-refractivity contribution in [1.29, 1.82) is 0 Å². The summed E-state index contributed by atoms with van der Waals surface area (Å²) >= 11 is 0. The Kier molecular flexibility index (Phi) is 3.59. The third-order valence-corrected chi connectivity index (χ3v) is 2.84. The lowest BCUT2D eigenvalue weighted by Gasteiger charge is -2.24. The van der Waals surface area contributed by atoms with Crippen LogP contribution < -0.4 is 0 Å². The first-order valence-corrected chi connectivity index (χ1v) is 5.89. The summed E-state index contributed by atoms with van der Waals surface area (Å²) in [4.78, 5) is 14.4. The molecule has 2 heteroatoms. The van der Waals surface area contributed by atoms with Crippen LogP contribution >= 0.6 is 0 Å². The maximum Gasteiger partial charge on any atom is 0.240 e. The predicted octanol–water partition coefficient (Wildman–Crippen LogP) is 4.25. The van der Waals surface area contributed by atoms with Crippen LogP contribution in [0.2, 0.25) is 0 Å². The Hall–Kier alpha value is -1.40. The van der Waals surface area contributed by atoms with Crippen molar-refractivity contribution in [1.82, 2.24) is 0 Å². The highest BCUT2D eigenvalue weighted by atomic mass is 16.1. The summed E-state index contributed by atoms with van der Waals surface area (Å²) in [6, 6.07) is 6.17. The van der Waals surface area contributed by atoms with Gasteiger partial charge in [-0.15, -0.1) is 0 Å². The van der Waals surface area contributed by atoms with Crippen molar-refractivity contribution < 1.29 is 4.79 Å². The number of nitrogens with zero attached hydrogens (tertiary/aromatic N) is 1. The van der Waals surface area contributed by atoms with E-state index in [1.165, 1.54) is 5.56 Å². The van der Waals surface area contributed by atoms with Gasteiger partial charge in [0.25, 0.3) is 0 Å². The second kappa shape index (κ2) is 4.46. The second-order valence-electron chi connectivity index (χ2n) is 6.44. The summed E-state index contributed by atoms with van der Waals surface area (Å²) in [7, 11) is 0. The smallest absolute Gasteiger partial charge is 0.211 e. The highest BCUT2D eigenvalue weighted by Gasteiger charge is 2.21. The van der Waals surface area contributed by atoms with Gasteiger partial charge in [-0.3, -0.25) is 0 Å². The molecule has 17 heavy (non-hydrogen) atoms. The zero-order valence-corrected chi connectivity index (χ0v) is 11.6. The van der Waals surface area contributed by atoms with E-state index in [4.69, 9.17) is 0 Å². The van der Waals surface area contributed by atoms with E-state index in [1.807, 2.05) is 6.07 Å². The molecule has 0 spiro atoms. The number of hydrogen-bond acceptors (Lipinski definition) is 2. The quantitative estimate of drug-likeness (QED) is 0.525. The van der Waals surface area contributed by atoms with Gasteiger partial charge in [0.1, 0.15) is 0 Å². The SMILES string of the molecule is CC(C)(C)c1ccc(C(C)(C)C)c(N=C=O)c1. The van der Waals surface area contributed by atoms with Crippen LogP contribution in [-0.2, 0) is 15.6 Å². The molecule has 0 aliphatic carbocycles. The summed E-state index contributed by atoms with van der Waals surface area (Å²) in [6.45, 7) is 12.8. The molecule has 0 saturated heterocycles. The maximum atomic E-state index is 10.5. The fourth-order valence-corrected chi connectivity index (χ4v) is 1.77. The summed E-state index contributed by atoms with van der Waals surface area (Å²) < 4.78 is 0. The number of carbonyl (C=O) groups excluding carboxylic acids is 1. The molecule has 0 saturated carbocycles. The Morgan fingerprint density at radius 1 is 1.00 bits per heavy atom. The zero-order chi connectivity index (χ0) is 13.3. The number of aliphatic imine (C=N–C) groups is 1. The van der Waals surface area contributed by atoms with Crippen LogP contribution in [0.25, 0.3) is 0 Å². The van der Waals surface area contributed by atoms with Crippen molar-refractivity contribution in [3.8, 4) is 0 Å². The van der Waals surface area contributed by atoms with E-state index in [2.05, 4.69) is 58.7 Å². The first-order valence-electron chi connectivity index (χ1n) is 5.89. The first-order chi connectivity index (χ1) is 7.66. The van der Waals surface area contributed by atoms with Gasteiger partial charge in [-0.05, 0) is 28.0 Å². The van der Waals surface area contributed by atoms with Crippen LogP contribution in [0.3, 0.4) is 0 Å². The van der Waals surface area contributed by atoms with Crippen molar-refractivity contribution >= 4 is 11.8 Å². The molecular weight excluding hydrogens is 210 g/mol. The molecule has 0 aliphatic rings. The maximum absolute atomic E-state index is 10.5. The minimum Gasteiger partial charge on any atom is -0.211 e. The fraction of sp³-hybridized carbons (Fsp3) is 0.533. The molecule has 0 atom stereocenters. The van der Waals surface area contributed by atoms with Crippen molar-refractivity contribution in [3.05, 3.63) is 29.3 Å². The van der Waals surface area contributed by atoms with Gasteiger partial charge in [0.15, 0.2) is 0 Å². The molecule has 0 aromatic heterocycles. The summed E-state index contributed by atoms with van der Waals surface area (Å²) in [5.41, 5.74) is 3.03. The lowest BCUT2D eigenvalue weighted by atomic mass is 9.81. The number of rotatable bonds is 1. The molecule has 92 valence electrons. The third-order valence-electron chi connectivity index (χ3n) is 2.84. The van der Waals surface area contributed by atoms with E-state index >= 15 is 0 Å². The van der Waals surface area contributed by atoms with Gasteiger partial charge in [0.2, 0.25) is 6.08 Å². The van der Waals surface area contributed by atoms with Gasteiger partial charge >= 0.3 is 0 Å². The highest BCUT2D eigenvalue weighted by molar-refractivity contribution is 5.58. The Morgan fingerprint density at radius 3 is 2.00 bits per heavy atom. The van der Waals surface area contributed by atoms with Gasteiger partial charge in [-0.25, -0.2) is 4.79 Å². The molecule has 0 radical (unpaired) electrons. The van der Waals surface area contributed by atoms with Gasteiger partial charge in [0.05, 0.1) is 5.69 Å². The Morgan fingerprint density at radius 2 is 1.59 bits per heavy atom. The van der Waals surface area contributed by atoms with E-state index in [1.54, 1.807) is 6.08 Å².